The summed E-state index contributed by atoms with van der Waals surface area (Å²) in [5, 5.41) is 2.90. The molecule has 3 heteroatoms. The van der Waals surface area contributed by atoms with Crippen LogP contribution in [0.1, 0.15) is 18.2 Å². The summed E-state index contributed by atoms with van der Waals surface area (Å²) in [6.45, 7) is 2.02. The van der Waals surface area contributed by atoms with Gasteiger partial charge in [0.15, 0.2) is 0 Å². The van der Waals surface area contributed by atoms with Gasteiger partial charge in [-0.3, -0.25) is 0 Å². The number of hydrogen-bond donors (Lipinski definition) is 1. The minimum atomic E-state index is 0.271. The third kappa shape index (κ3) is 2.81. The molecular weight excluding hydrogens is 178 g/mol. The maximum atomic E-state index is 5.89. The minimum Gasteiger partial charge on any atom is -0.328 e. The second kappa shape index (κ2) is 4.10. The number of halogens is 1. The lowest BCUT2D eigenvalue weighted by Gasteiger charge is -2.02. The molecule has 0 fully saturated rings. The Morgan fingerprint density at radius 3 is 2.91 bits per heavy atom. The van der Waals surface area contributed by atoms with Crippen LogP contribution in [0.15, 0.2) is 11.4 Å². The maximum absolute atomic E-state index is 5.89. The third-order valence-electron chi connectivity index (χ3n) is 1.52. The smallest absolute Gasteiger partial charge is 0.0544 e. The molecular formula is C8H12ClNS. The zero-order chi connectivity index (χ0) is 8.27. The van der Waals surface area contributed by atoms with Gasteiger partial charge in [0, 0.05) is 10.9 Å². The Kier molecular flexibility index (Phi) is 3.37. The van der Waals surface area contributed by atoms with E-state index < -0.39 is 0 Å². The fourth-order valence-corrected chi connectivity index (χ4v) is 2.01. The maximum Gasteiger partial charge on any atom is 0.0544 e. The minimum absolute atomic E-state index is 0.271. The van der Waals surface area contributed by atoms with Crippen LogP contribution in [-0.2, 0) is 6.42 Å². The standard InChI is InChI=1S/C8H12ClNS/c1-6(10)2-3-8-7(9)4-5-11-8/h4-6H,2-3,10H2,1H3/t6-/m1/s1. The molecule has 0 saturated heterocycles. The highest BCUT2D eigenvalue weighted by molar-refractivity contribution is 7.10. The quantitative estimate of drug-likeness (QED) is 0.778. The molecule has 0 radical (unpaired) electrons. The first-order valence-electron chi connectivity index (χ1n) is 3.67. The van der Waals surface area contributed by atoms with Crippen molar-refractivity contribution in [3.63, 3.8) is 0 Å². The van der Waals surface area contributed by atoms with Gasteiger partial charge in [0.05, 0.1) is 5.02 Å². The fourth-order valence-electron chi connectivity index (χ4n) is 0.862. The van der Waals surface area contributed by atoms with Crippen molar-refractivity contribution < 1.29 is 0 Å². The number of aryl methyl sites for hydroxylation is 1. The molecule has 1 heterocycles. The molecule has 1 rings (SSSR count). The Balaban J connectivity index is 2.44. The Labute approximate surface area is 76.2 Å². The molecule has 0 spiro atoms. The summed E-state index contributed by atoms with van der Waals surface area (Å²) >= 11 is 7.60. The molecule has 1 aromatic heterocycles. The van der Waals surface area contributed by atoms with E-state index >= 15 is 0 Å². The van der Waals surface area contributed by atoms with Crippen LogP contribution in [0.4, 0.5) is 0 Å². The van der Waals surface area contributed by atoms with Gasteiger partial charge in [0.1, 0.15) is 0 Å². The van der Waals surface area contributed by atoms with Crippen molar-refractivity contribution in [2.45, 2.75) is 25.8 Å². The molecule has 62 valence electrons. The molecule has 11 heavy (non-hydrogen) atoms. The second-order valence-corrected chi connectivity index (χ2v) is 4.12. The predicted octanol–water partition coefficient (Wildman–Crippen LogP) is 2.68. The van der Waals surface area contributed by atoms with Crippen LogP contribution in [0, 0.1) is 0 Å². The average Bonchev–Trinajstić information content (AvgIpc) is 2.31. The second-order valence-electron chi connectivity index (χ2n) is 2.71. The number of rotatable bonds is 3. The van der Waals surface area contributed by atoms with Gasteiger partial charge in [-0.1, -0.05) is 11.6 Å². The van der Waals surface area contributed by atoms with E-state index in [9.17, 15) is 0 Å². The lowest BCUT2D eigenvalue weighted by Crippen LogP contribution is -2.15. The molecule has 0 amide bonds. The van der Waals surface area contributed by atoms with Gasteiger partial charge < -0.3 is 5.73 Å². The zero-order valence-electron chi connectivity index (χ0n) is 6.51. The molecule has 1 atom stereocenters. The first kappa shape index (κ1) is 9.04. The average molecular weight is 190 g/mol. The van der Waals surface area contributed by atoms with Crippen molar-refractivity contribution in [3.8, 4) is 0 Å². The van der Waals surface area contributed by atoms with Crippen molar-refractivity contribution in [1.29, 1.82) is 0 Å². The van der Waals surface area contributed by atoms with E-state index in [-0.39, 0.29) is 6.04 Å². The van der Waals surface area contributed by atoms with Crippen molar-refractivity contribution in [2.75, 3.05) is 0 Å². The van der Waals surface area contributed by atoms with E-state index in [1.54, 1.807) is 11.3 Å². The monoisotopic (exact) mass is 189 g/mol. The molecule has 0 saturated carbocycles. The molecule has 0 bridgehead atoms. The first-order valence-corrected chi connectivity index (χ1v) is 4.93. The van der Waals surface area contributed by atoms with Crippen LogP contribution in [0.25, 0.3) is 0 Å². The third-order valence-corrected chi connectivity index (χ3v) is 2.96. The van der Waals surface area contributed by atoms with Crippen molar-refractivity contribution >= 4 is 22.9 Å². The first-order chi connectivity index (χ1) is 5.20. The summed E-state index contributed by atoms with van der Waals surface area (Å²) in [6.07, 6.45) is 2.02. The van der Waals surface area contributed by atoms with Gasteiger partial charge in [-0.05, 0) is 31.2 Å². The van der Waals surface area contributed by atoms with Crippen molar-refractivity contribution in [3.05, 3.63) is 21.3 Å². The lowest BCUT2D eigenvalue weighted by molar-refractivity contribution is 0.670. The Morgan fingerprint density at radius 1 is 1.73 bits per heavy atom. The van der Waals surface area contributed by atoms with Crippen LogP contribution in [-0.4, -0.2) is 6.04 Å². The van der Waals surface area contributed by atoms with Crippen LogP contribution < -0.4 is 5.73 Å². The summed E-state index contributed by atoms with van der Waals surface area (Å²) in [7, 11) is 0. The van der Waals surface area contributed by atoms with E-state index in [1.165, 1.54) is 4.88 Å². The van der Waals surface area contributed by atoms with E-state index in [0.29, 0.717) is 0 Å². The van der Waals surface area contributed by atoms with Gasteiger partial charge >= 0.3 is 0 Å². The van der Waals surface area contributed by atoms with Crippen LogP contribution in [0.3, 0.4) is 0 Å². The molecule has 1 nitrogen and oxygen atoms in total. The topological polar surface area (TPSA) is 26.0 Å². The van der Waals surface area contributed by atoms with E-state index in [2.05, 4.69) is 0 Å². The Bertz CT molecular complexity index is 220. The Morgan fingerprint density at radius 2 is 2.45 bits per heavy atom. The number of hydrogen-bond acceptors (Lipinski definition) is 2. The Hall–Kier alpha value is -0.0500. The van der Waals surface area contributed by atoms with E-state index in [1.807, 2.05) is 18.4 Å². The SMILES string of the molecule is C[C@@H](N)CCc1sccc1Cl. The highest BCUT2D eigenvalue weighted by Crippen LogP contribution is 2.23. The molecule has 0 aliphatic carbocycles. The van der Waals surface area contributed by atoms with Gasteiger partial charge in [0.25, 0.3) is 0 Å². The number of nitrogens with two attached hydrogens (primary N) is 1. The number of thiophene rings is 1. The fraction of sp³-hybridized carbons (Fsp3) is 0.500. The summed E-state index contributed by atoms with van der Waals surface area (Å²) in [5.41, 5.74) is 5.62. The van der Waals surface area contributed by atoms with Gasteiger partial charge in [-0.2, -0.15) is 0 Å². The normalized spacial score (nSPS) is 13.4. The zero-order valence-corrected chi connectivity index (χ0v) is 8.08. The molecule has 0 aromatic carbocycles. The van der Waals surface area contributed by atoms with Crippen molar-refractivity contribution in [2.24, 2.45) is 5.73 Å². The van der Waals surface area contributed by atoms with Crippen LogP contribution >= 0.6 is 22.9 Å². The molecule has 1 aromatic rings. The van der Waals surface area contributed by atoms with Gasteiger partial charge in [-0.15, -0.1) is 11.3 Å². The predicted molar refractivity (Wildman–Crippen MR) is 51.3 cm³/mol. The highest BCUT2D eigenvalue weighted by atomic mass is 35.5. The summed E-state index contributed by atoms with van der Waals surface area (Å²) < 4.78 is 0. The largest absolute Gasteiger partial charge is 0.328 e. The van der Waals surface area contributed by atoms with Crippen LogP contribution in [0.5, 0.6) is 0 Å². The molecule has 2 N–H and O–H groups in total. The lowest BCUT2D eigenvalue weighted by atomic mass is 10.2. The highest BCUT2D eigenvalue weighted by Gasteiger charge is 2.02. The molecule has 0 aliphatic heterocycles. The van der Waals surface area contributed by atoms with E-state index in [4.69, 9.17) is 17.3 Å². The molecule has 0 aliphatic rings. The van der Waals surface area contributed by atoms with Crippen molar-refractivity contribution in [1.82, 2.24) is 0 Å². The van der Waals surface area contributed by atoms with Gasteiger partial charge in [-0.25, -0.2) is 0 Å². The summed E-state index contributed by atoms with van der Waals surface area (Å²) in [4.78, 5) is 1.25. The van der Waals surface area contributed by atoms with E-state index in [0.717, 1.165) is 17.9 Å². The summed E-state index contributed by atoms with van der Waals surface area (Å²) in [6, 6.07) is 2.20. The van der Waals surface area contributed by atoms with Gasteiger partial charge in [0.2, 0.25) is 0 Å². The van der Waals surface area contributed by atoms with Crippen LogP contribution in [0.2, 0.25) is 5.02 Å². The summed E-state index contributed by atoms with van der Waals surface area (Å²) in [5.74, 6) is 0. The molecule has 0 unspecified atom stereocenters.